The molecule has 0 atom stereocenters. The Morgan fingerprint density at radius 2 is 1.94 bits per heavy atom. The highest BCUT2D eigenvalue weighted by atomic mass is 32.1. The predicted molar refractivity (Wildman–Crippen MR) is 132 cm³/mol. The van der Waals surface area contributed by atoms with Crippen LogP contribution in [0.25, 0.3) is 27.6 Å². The predicted octanol–water partition coefficient (Wildman–Crippen LogP) is 3.48. The molecule has 32 heavy (non-hydrogen) atoms. The highest BCUT2D eigenvalue weighted by Crippen LogP contribution is 2.40. The van der Waals surface area contributed by atoms with Crippen LogP contribution < -0.4 is 10.2 Å². The Morgan fingerprint density at radius 1 is 1.09 bits per heavy atom. The summed E-state index contributed by atoms with van der Waals surface area (Å²) in [7, 11) is 0. The van der Waals surface area contributed by atoms with Crippen molar-refractivity contribution >= 4 is 33.6 Å². The zero-order chi connectivity index (χ0) is 21.5. The lowest BCUT2D eigenvalue weighted by Crippen LogP contribution is -2.43. The molecule has 0 radical (unpaired) electrons. The van der Waals surface area contributed by atoms with Crippen LogP contribution in [0, 0.1) is 6.92 Å². The Labute approximate surface area is 192 Å². The lowest BCUT2D eigenvalue weighted by atomic mass is 10.00. The number of hydrogen-bond acceptors (Lipinski definition) is 7. The number of nitrogens with zero attached hydrogens (tertiary/aromatic N) is 4. The summed E-state index contributed by atoms with van der Waals surface area (Å²) in [6, 6.07) is 6.63. The molecule has 0 unspecified atom stereocenters. The first-order valence-electron chi connectivity index (χ1n) is 11.6. The van der Waals surface area contributed by atoms with E-state index in [1.165, 1.54) is 31.8 Å². The molecule has 1 N–H and O–H groups in total. The topological polar surface area (TPSA) is 53.5 Å². The molecule has 3 aliphatic rings. The summed E-state index contributed by atoms with van der Waals surface area (Å²) in [6.45, 7) is 10.6. The molecule has 2 fully saturated rings. The number of benzene rings is 1. The lowest BCUT2D eigenvalue weighted by molar-refractivity contribution is 0.122. The first-order chi connectivity index (χ1) is 15.8. The number of ether oxygens (including phenoxy) is 1. The number of fused-ring (bicyclic) bond motifs is 2. The number of aryl methyl sites for hydroxylation is 1. The first-order valence-corrected chi connectivity index (χ1v) is 12.4. The van der Waals surface area contributed by atoms with Crippen molar-refractivity contribution in [1.82, 2.24) is 20.2 Å². The molecule has 2 aromatic heterocycles. The minimum atomic E-state index is 0.733. The van der Waals surface area contributed by atoms with Gasteiger partial charge in [0.2, 0.25) is 5.95 Å². The molecule has 7 heteroatoms. The second kappa shape index (κ2) is 8.56. The maximum absolute atomic E-state index is 5.60. The second-order valence-electron chi connectivity index (χ2n) is 8.80. The highest BCUT2D eigenvalue weighted by molar-refractivity contribution is 7.19. The average Bonchev–Trinajstić information content (AvgIpc) is 3.44. The molecule has 0 spiro atoms. The summed E-state index contributed by atoms with van der Waals surface area (Å²) in [4.78, 5) is 16.5. The molecule has 3 aromatic rings. The van der Waals surface area contributed by atoms with Crippen LogP contribution in [0.3, 0.4) is 0 Å². The van der Waals surface area contributed by atoms with Gasteiger partial charge in [0.15, 0.2) is 0 Å². The number of hydrogen-bond donors (Lipinski definition) is 1. The smallest absolute Gasteiger partial charge is 0.226 e. The van der Waals surface area contributed by atoms with Gasteiger partial charge in [0.1, 0.15) is 0 Å². The number of piperazine rings is 1. The maximum Gasteiger partial charge on any atom is 0.226 e. The fourth-order valence-electron chi connectivity index (χ4n) is 4.99. The number of anilines is 1. The lowest BCUT2D eigenvalue weighted by Gasteiger charge is -2.28. The normalized spacial score (nSPS) is 19.1. The van der Waals surface area contributed by atoms with Crippen LogP contribution in [-0.4, -0.2) is 67.4 Å². The molecule has 0 amide bonds. The summed E-state index contributed by atoms with van der Waals surface area (Å²) < 4.78 is 6.82. The quantitative estimate of drug-likeness (QED) is 0.661. The molecule has 0 saturated carbocycles. The second-order valence-corrected chi connectivity index (χ2v) is 10.0. The molecule has 0 bridgehead atoms. The van der Waals surface area contributed by atoms with Crippen molar-refractivity contribution in [2.45, 2.75) is 19.9 Å². The van der Waals surface area contributed by atoms with Crippen LogP contribution in [0.5, 0.6) is 0 Å². The van der Waals surface area contributed by atoms with E-state index < -0.39 is 0 Å². The van der Waals surface area contributed by atoms with Crippen molar-refractivity contribution in [3.8, 4) is 11.3 Å². The van der Waals surface area contributed by atoms with Crippen LogP contribution in [0.4, 0.5) is 5.95 Å². The van der Waals surface area contributed by atoms with Gasteiger partial charge in [-0.1, -0.05) is 30.4 Å². The van der Waals surface area contributed by atoms with Crippen molar-refractivity contribution in [1.29, 1.82) is 0 Å². The van der Waals surface area contributed by atoms with Crippen LogP contribution >= 0.6 is 11.3 Å². The summed E-state index contributed by atoms with van der Waals surface area (Å²) in [5.41, 5.74) is 7.52. The van der Waals surface area contributed by atoms with Crippen LogP contribution in [0.2, 0.25) is 0 Å². The number of nitrogens with one attached hydrogen (secondary N) is 1. The summed E-state index contributed by atoms with van der Waals surface area (Å²) in [5.74, 6) is 0.842. The Bertz CT molecular complexity index is 1170. The van der Waals surface area contributed by atoms with E-state index in [-0.39, 0.29) is 0 Å². The molecule has 6 rings (SSSR count). The summed E-state index contributed by atoms with van der Waals surface area (Å²) in [5, 5.41) is 3.46. The summed E-state index contributed by atoms with van der Waals surface area (Å²) >= 11 is 1.86. The third-order valence-electron chi connectivity index (χ3n) is 6.78. The Morgan fingerprint density at radius 3 is 2.78 bits per heavy atom. The van der Waals surface area contributed by atoms with E-state index >= 15 is 0 Å². The number of thiophene rings is 1. The molecule has 4 heterocycles. The van der Waals surface area contributed by atoms with Crippen molar-refractivity contribution < 1.29 is 4.74 Å². The van der Waals surface area contributed by atoms with Crippen molar-refractivity contribution in [2.75, 3.05) is 57.4 Å². The minimum absolute atomic E-state index is 0.733. The largest absolute Gasteiger partial charge is 0.378 e. The third kappa shape index (κ3) is 3.63. The van der Waals surface area contributed by atoms with Crippen LogP contribution in [0.1, 0.15) is 21.6 Å². The van der Waals surface area contributed by atoms with Crippen molar-refractivity contribution in [3.05, 3.63) is 45.8 Å². The monoisotopic (exact) mass is 447 g/mol. The van der Waals surface area contributed by atoms with E-state index in [4.69, 9.17) is 14.7 Å². The SMILES string of the molecule is Cc1sc2c(-c3cccc4c3C=CC4)nc(N3CCOCC3)nc2c1CN1CCNCC1. The van der Waals surface area contributed by atoms with E-state index in [1.54, 1.807) is 0 Å². The van der Waals surface area contributed by atoms with Gasteiger partial charge in [-0.05, 0) is 24.5 Å². The Hall–Kier alpha value is -2.32. The van der Waals surface area contributed by atoms with Gasteiger partial charge in [0.05, 0.1) is 29.1 Å². The van der Waals surface area contributed by atoms with E-state index in [2.05, 4.69) is 52.4 Å². The summed E-state index contributed by atoms with van der Waals surface area (Å²) in [6.07, 6.45) is 5.52. The van der Waals surface area contributed by atoms with Gasteiger partial charge < -0.3 is 15.0 Å². The number of allylic oxidation sites excluding steroid dienone is 1. The minimum Gasteiger partial charge on any atom is -0.378 e. The van der Waals surface area contributed by atoms with Gasteiger partial charge >= 0.3 is 0 Å². The van der Waals surface area contributed by atoms with Crippen molar-refractivity contribution in [3.63, 3.8) is 0 Å². The van der Waals surface area contributed by atoms with Crippen LogP contribution in [0.15, 0.2) is 24.3 Å². The molecular formula is C25H29N5OS. The highest BCUT2D eigenvalue weighted by Gasteiger charge is 2.24. The van der Waals surface area contributed by atoms with E-state index in [9.17, 15) is 0 Å². The van der Waals surface area contributed by atoms with E-state index in [0.29, 0.717) is 0 Å². The standard InChI is InChI=1S/C25H29N5OS/c1-17-21(16-29-10-8-26-9-11-29)23-24(32-17)22(20-7-3-5-18-4-2-6-19(18)20)27-25(28-23)30-12-14-31-15-13-30/h2-3,5-7,26H,4,8-16H2,1H3. The van der Waals surface area contributed by atoms with E-state index in [1.807, 2.05) is 11.3 Å². The molecule has 166 valence electrons. The molecular weight excluding hydrogens is 418 g/mol. The van der Waals surface area contributed by atoms with Gasteiger partial charge in [0, 0.05) is 61.8 Å². The van der Waals surface area contributed by atoms with Crippen molar-refractivity contribution in [2.24, 2.45) is 0 Å². The van der Waals surface area contributed by atoms with Gasteiger partial charge in [-0.3, -0.25) is 4.90 Å². The van der Waals surface area contributed by atoms with Gasteiger partial charge in [0.25, 0.3) is 0 Å². The first kappa shape index (κ1) is 20.3. The maximum atomic E-state index is 5.60. The number of morpholine rings is 1. The fraction of sp³-hybridized carbons (Fsp3) is 0.440. The molecule has 1 aromatic carbocycles. The number of rotatable bonds is 4. The van der Waals surface area contributed by atoms with Crippen LogP contribution in [-0.2, 0) is 17.7 Å². The third-order valence-corrected chi connectivity index (χ3v) is 7.92. The molecule has 2 aliphatic heterocycles. The van der Waals surface area contributed by atoms with Gasteiger partial charge in [-0.2, -0.15) is 0 Å². The van der Waals surface area contributed by atoms with E-state index in [0.717, 1.165) is 82.6 Å². The van der Waals surface area contributed by atoms with Gasteiger partial charge in [-0.15, -0.1) is 11.3 Å². The molecule has 6 nitrogen and oxygen atoms in total. The number of aromatic nitrogens is 2. The Balaban J connectivity index is 1.52. The zero-order valence-corrected chi connectivity index (χ0v) is 19.4. The Kier molecular flexibility index (Phi) is 5.43. The molecule has 1 aliphatic carbocycles. The van der Waals surface area contributed by atoms with Gasteiger partial charge in [-0.25, -0.2) is 9.97 Å². The molecule has 2 saturated heterocycles. The fourth-order valence-corrected chi connectivity index (χ4v) is 6.09. The zero-order valence-electron chi connectivity index (χ0n) is 18.6. The average molecular weight is 448 g/mol.